The van der Waals surface area contributed by atoms with Gasteiger partial charge in [-0.2, -0.15) is 5.10 Å². The summed E-state index contributed by atoms with van der Waals surface area (Å²) in [6.07, 6.45) is 3.76. The van der Waals surface area contributed by atoms with E-state index in [2.05, 4.69) is 15.4 Å². The second kappa shape index (κ2) is 6.70. The highest BCUT2D eigenvalue weighted by atomic mass is 32.2. The average molecular weight is 406 g/mol. The van der Waals surface area contributed by atoms with Gasteiger partial charge in [0.05, 0.1) is 34.3 Å². The van der Waals surface area contributed by atoms with E-state index < -0.39 is 15.9 Å². The van der Waals surface area contributed by atoms with Crippen LogP contribution >= 0.6 is 11.3 Å². The van der Waals surface area contributed by atoms with Crippen LogP contribution in [0.3, 0.4) is 0 Å². The lowest BCUT2D eigenvalue weighted by molar-refractivity contribution is 0.0938. The number of carbonyl (C=O) groups is 1. The second-order valence-corrected chi connectivity index (χ2v) is 10.1. The maximum absolute atomic E-state index is 12.7. The van der Waals surface area contributed by atoms with Crippen molar-refractivity contribution in [1.82, 2.24) is 19.9 Å². The summed E-state index contributed by atoms with van der Waals surface area (Å²) in [4.78, 5) is 18.5. The average Bonchev–Trinajstić information content (AvgIpc) is 3.21. The van der Waals surface area contributed by atoms with Crippen molar-refractivity contribution in [3.05, 3.63) is 40.3 Å². The van der Waals surface area contributed by atoms with Crippen molar-refractivity contribution in [2.24, 2.45) is 5.73 Å². The number of hydrogen-bond donors (Lipinski definition) is 2. The lowest BCUT2D eigenvalue weighted by Gasteiger charge is -2.28. The Morgan fingerprint density at radius 3 is 3.07 bits per heavy atom. The zero-order valence-electron chi connectivity index (χ0n) is 14.6. The van der Waals surface area contributed by atoms with Gasteiger partial charge >= 0.3 is 0 Å². The highest BCUT2D eigenvalue weighted by Crippen LogP contribution is 2.31. The summed E-state index contributed by atoms with van der Waals surface area (Å²) in [6.45, 7) is 1.93. The van der Waals surface area contributed by atoms with E-state index in [0.29, 0.717) is 11.3 Å². The van der Waals surface area contributed by atoms with Gasteiger partial charge in [0.1, 0.15) is 0 Å². The largest absolute Gasteiger partial charge is 0.346 e. The van der Waals surface area contributed by atoms with Gasteiger partial charge in [-0.05, 0) is 31.5 Å². The number of rotatable bonds is 3. The Hall–Kier alpha value is -2.30. The molecule has 1 saturated heterocycles. The van der Waals surface area contributed by atoms with Crippen LogP contribution in [0.5, 0.6) is 0 Å². The van der Waals surface area contributed by atoms with Crippen molar-refractivity contribution in [1.29, 1.82) is 0 Å². The van der Waals surface area contributed by atoms with Crippen LogP contribution in [0.15, 0.2) is 30.6 Å². The zero-order valence-corrected chi connectivity index (χ0v) is 16.3. The third kappa shape index (κ3) is 3.47. The summed E-state index contributed by atoms with van der Waals surface area (Å²) in [5.74, 6) is -0.355. The second-order valence-electron chi connectivity index (χ2n) is 6.66. The summed E-state index contributed by atoms with van der Waals surface area (Å²) in [5, 5.41) is 7.10. The van der Waals surface area contributed by atoms with Crippen molar-refractivity contribution in [2.45, 2.75) is 25.4 Å². The molecule has 4 heterocycles. The Morgan fingerprint density at radius 1 is 1.44 bits per heavy atom. The van der Waals surface area contributed by atoms with E-state index in [1.54, 1.807) is 23.0 Å². The lowest BCUT2D eigenvalue weighted by Crippen LogP contribution is -2.55. The first-order chi connectivity index (χ1) is 12.8. The van der Waals surface area contributed by atoms with Crippen LogP contribution in [-0.2, 0) is 9.84 Å². The van der Waals surface area contributed by atoms with Gasteiger partial charge in [-0.25, -0.2) is 17.9 Å². The predicted octanol–water partition coefficient (Wildman–Crippen LogP) is 1.01. The van der Waals surface area contributed by atoms with Crippen LogP contribution in [0.1, 0.15) is 21.0 Å². The van der Waals surface area contributed by atoms with Gasteiger partial charge in [0, 0.05) is 22.7 Å². The molecule has 3 N–H and O–H groups in total. The first-order valence-corrected chi connectivity index (χ1v) is 11.1. The minimum Gasteiger partial charge on any atom is -0.346 e. The number of amides is 1. The molecule has 0 bridgehead atoms. The van der Waals surface area contributed by atoms with Crippen molar-refractivity contribution < 1.29 is 13.2 Å². The van der Waals surface area contributed by atoms with E-state index in [9.17, 15) is 13.2 Å². The molecule has 0 saturated carbocycles. The van der Waals surface area contributed by atoms with Crippen LogP contribution < -0.4 is 11.1 Å². The van der Waals surface area contributed by atoms with Gasteiger partial charge in [-0.3, -0.25) is 4.79 Å². The van der Waals surface area contributed by atoms with E-state index in [1.807, 2.05) is 19.1 Å². The smallest absolute Gasteiger partial charge is 0.261 e. The molecule has 0 radical (unpaired) electrons. The molecule has 8 nitrogen and oxygen atoms in total. The minimum atomic E-state index is -3.17. The minimum absolute atomic E-state index is 0.0735. The van der Waals surface area contributed by atoms with E-state index in [1.165, 1.54) is 11.3 Å². The number of aryl methyl sites for hydroxylation is 1. The van der Waals surface area contributed by atoms with Crippen molar-refractivity contribution in [3.63, 3.8) is 0 Å². The Kier molecular flexibility index (Phi) is 4.49. The standard InChI is InChI=1S/C17H19N5O3S2/c1-10-11(14-8-19-16-3-2-5-20-22(14)16)7-15(26-10)17(23)21-13-9-27(24,25)6-4-12(13)18/h2-3,5,7-8,12-13H,4,6,9,18H2,1H3,(H,21,23)/t12-,13?/m1/s1. The van der Waals surface area contributed by atoms with Gasteiger partial charge < -0.3 is 11.1 Å². The molecule has 1 aliphatic heterocycles. The van der Waals surface area contributed by atoms with Gasteiger partial charge in [0.2, 0.25) is 0 Å². The van der Waals surface area contributed by atoms with Gasteiger partial charge in [0.15, 0.2) is 15.5 Å². The summed E-state index contributed by atoms with van der Waals surface area (Å²) in [5.41, 5.74) is 8.40. The van der Waals surface area contributed by atoms with Gasteiger partial charge in [-0.15, -0.1) is 11.3 Å². The number of imidazole rings is 1. The van der Waals surface area contributed by atoms with Crippen molar-refractivity contribution >= 4 is 32.7 Å². The third-order valence-corrected chi connectivity index (χ3v) is 7.50. The molecular formula is C17H19N5O3S2. The number of carbonyl (C=O) groups excluding carboxylic acids is 1. The molecule has 1 amide bonds. The molecule has 27 heavy (non-hydrogen) atoms. The Bertz CT molecular complexity index is 1120. The van der Waals surface area contributed by atoms with Crippen LogP contribution in [0.25, 0.3) is 16.9 Å². The fraction of sp³-hybridized carbons (Fsp3) is 0.353. The summed E-state index contributed by atoms with van der Waals surface area (Å²) >= 11 is 1.35. The molecule has 1 aliphatic rings. The summed E-state index contributed by atoms with van der Waals surface area (Å²) in [7, 11) is -3.17. The number of thiophene rings is 1. The number of fused-ring (bicyclic) bond motifs is 1. The van der Waals surface area contributed by atoms with Crippen LogP contribution in [0.2, 0.25) is 0 Å². The number of nitrogens with two attached hydrogens (primary N) is 1. The molecule has 0 spiro atoms. The molecule has 3 aromatic rings. The monoisotopic (exact) mass is 405 g/mol. The molecular weight excluding hydrogens is 386 g/mol. The molecule has 1 fully saturated rings. The van der Waals surface area contributed by atoms with Gasteiger partial charge in [-0.1, -0.05) is 0 Å². The normalized spacial score (nSPS) is 22.0. The molecule has 3 aromatic heterocycles. The van der Waals surface area contributed by atoms with E-state index in [4.69, 9.17) is 5.73 Å². The molecule has 142 valence electrons. The van der Waals surface area contributed by atoms with E-state index in [0.717, 1.165) is 21.8 Å². The Balaban J connectivity index is 1.60. The number of aromatic nitrogens is 3. The van der Waals surface area contributed by atoms with E-state index >= 15 is 0 Å². The zero-order chi connectivity index (χ0) is 19.2. The highest BCUT2D eigenvalue weighted by Gasteiger charge is 2.32. The van der Waals surface area contributed by atoms with Crippen LogP contribution in [0, 0.1) is 6.92 Å². The lowest BCUT2D eigenvalue weighted by atomic mass is 10.1. The van der Waals surface area contributed by atoms with Crippen LogP contribution in [0.4, 0.5) is 0 Å². The molecule has 1 unspecified atom stereocenters. The van der Waals surface area contributed by atoms with E-state index in [-0.39, 0.29) is 23.5 Å². The Labute approximate surface area is 160 Å². The van der Waals surface area contributed by atoms with Crippen molar-refractivity contribution in [2.75, 3.05) is 11.5 Å². The molecule has 0 aliphatic carbocycles. The molecule has 2 atom stereocenters. The number of nitrogens with one attached hydrogen (secondary N) is 1. The first-order valence-electron chi connectivity index (χ1n) is 8.50. The Morgan fingerprint density at radius 2 is 2.26 bits per heavy atom. The summed E-state index contributed by atoms with van der Waals surface area (Å²) < 4.78 is 25.4. The predicted molar refractivity (Wildman–Crippen MR) is 104 cm³/mol. The fourth-order valence-corrected chi connectivity index (χ4v) is 5.85. The first kappa shape index (κ1) is 18.1. The van der Waals surface area contributed by atoms with Crippen LogP contribution in [-0.4, -0.2) is 52.5 Å². The fourth-order valence-electron chi connectivity index (χ4n) is 3.25. The van der Waals surface area contributed by atoms with Crippen molar-refractivity contribution in [3.8, 4) is 11.3 Å². The molecule has 4 rings (SSSR count). The maximum atomic E-state index is 12.7. The SMILES string of the molecule is Cc1sc(C(=O)NC2CS(=O)(=O)CC[C@H]2N)cc1-c1cnc2cccnn12. The third-order valence-electron chi connectivity index (χ3n) is 4.72. The summed E-state index contributed by atoms with van der Waals surface area (Å²) in [6, 6.07) is 4.53. The molecule has 0 aromatic carbocycles. The molecule has 10 heteroatoms. The highest BCUT2D eigenvalue weighted by molar-refractivity contribution is 7.91. The number of hydrogen-bond acceptors (Lipinski definition) is 7. The van der Waals surface area contributed by atoms with Gasteiger partial charge in [0.25, 0.3) is 5.91 Å². The maximum Gasteiger partial charge on any atom is 0.261 e. The quantitative estimate of drug-likeness (QED) is 0.671. The topological polar surface area (TPSA) is 119 Å². The number of sulfone groups is 1. The number of nitrogens with zero attached hydrogens (tertiary/aromatic N) is 3.